The maximum Gasteiger partial charge on any atom is 0.429 e. The zero-order valence-corrected chi connectivity index (χ0v) is 19.8. The molecule has 4 rings (SSSR count). The molecule has 192 valence electrons. The van der Waals surface area contributed by atoms with Gasteiger partial charge in [-0.05, 0) is 67.1 Å². The summed E-state index contributed by atoms with van der Waals surface area (Å²) in [6, 6.07) is 2.22. The maximum absolute atomic E-state index is 14.8. The molecular weight excluding hydrogens is 473 g/mol. The molecule has 2 aliphatic rings. The molecule has 2 saturated carbocycles. The Balaban J connectivity index is 1.60. The number of ether oxygens (including phenoxy) is 1. The lowest BCUT2D eigenvalue weighted by molar-refractivity contribution is -0.189. The van der Waals surface area contributed by atoms with Gasteiger partial charge in [0.1, 0.15) is 11.4 Å². The first kappa shape index (κ1) is 25.8. The van der Waals surface area contributed by atoms with Crippen LogP contribution in [0, 0.1) is 40.9 Å². The van der Waals surface area contributed by atoms with E-state index in [1.807, 2.05) is 6.92 Å². The summed E-state index contributed by atoms with van der Waals surface area (Å²) < 4.78 is 108. The fraction of sp³-hybridized carbons (Fsp3) is 0.556. The standard InChI is InChI=1S/C27H29F7O/c1-14-3-7-16(8-4-14)18-11-12-21(25(31)23(18)29)35-27(33,34)19-13-20(28)22(26(32)24(19)30)17-9-5-15(2)6-10-17/h11-17H,3-10H2,1-2H3. The lowest BCUT2D eigenvalue weighted by Crippen LogP contribution is -2.26. The molecule has 0 N–H and O–H groups in total. The van der Waals surface area contributed by atoms with Gasteiger partial charge in [0.15, 0.2) is 23.2 Å². The van der Waals surface area contributed by atoms with E-state index in [4.69, 9.17) is 0 Å². The van der Waals surface area contributed by atoms with Gasteiger partial charge in [-0.15, -0.1) is 0 Å². The van der Waals surface area contributed by atoms with Crippen molar-refractivity contribution in [3.63, 3.8) is 0 Å². The molecule has 0 atom stereocenters. The molecule has 1 nitrogen and oxygen atoms in total. The second-order valence-electron chi connectivity index (χ2n) is 10.3. The van der Waals surface area contributed by atoms with E-state index in [-0.39, 0.29) is 17.5 Å². The SMILES string of the molecule is CC1CCC(c2ccc(OC(F)(F)c3cc(F)c(C4CCC(C)CC4)c(F)c3F)c(F)c2F)CC1. The molecule has 2 aromatic carbocycles. The highest BCUT2D eigenvalue weighted by Gasteiger charge is 2.42. The minimum absolute atomic E-state index is 0.0690. The summed E-state index contributed by atoms with van der Waals surface area (Å²) in [6.07, 6.45) is 0.533. The third-order valence-corrected chi connectivity index (χ3v) is 7.70. The number of benzene rings is 2. The molecule has 0 aromatic heterocycles. The lowest BCUT2D eigenvalue weighted by atomic mass is 9.79. The average molecular weight is 503 g/mol. The summed E-state index contributed by atoms with van der Waals surface area (Å²) in [4.78, 5) is 0. The molecular formula is C27H29F7O. The van der Waals surface area contributed by atoms with Gasteiger partial charge in [0.25, 0.3) is 0 Å². The molecule has 0 amide bonds. The Hall–Kier alpha value is -2.25. The van der Waals surface area contributed by atoms with Crippen LogP contribution < -0.4 is 4.74 Å². The molecule has 0 aliphatic heterocycles. The minimum Gasteiger partial charge on any atom is -0.426 e. The Labute approximate surface area is 200 Å². The topological polar surface area (TPSA) is 9.23 Å². The largest absolute Gasteiger partial charge is 0.429 e. The van der Waals surface area contributed by atoms with E-state index in [2.05, 4.69) is 11.7 Å². The third-order valence-electron chi connectivity index (χ3n) is 7.70. The van der Waals surface area contributed by atoms with Gasteiger partial charge in [0.2, 0.25) is 5.82 Å². The summed E-state index contributed by atoms with van der Waals surface area (Å²) in [5.74, 6) is -9.10. The normalized spacial score (nSPS) is 25.5. The van der Waals surface area contributed by atoms with Gasteiger partial charge in [0.05, 0.1) is 0 Å². The van der Waals surface area contributed by atoms with Crippen molar-refractivity contribution in [3.8, 4) is 5.75 Å². The van der Waals surface area contributed by atoms with Gasteiger partial charge in [-0.2, -0.15) is 13.2 Å². The van der Waals surface area contributed by atoms with Gasteiger partial charge in [0, 0.05) is 5.56 Å². The highest BCUT2D eigenvalue weighted by atomic mass is 19.3. The molecule has 8 heteroatoms. The summed E-state index contributed by atoms with van der Waals surface area (Å²) >= 11 is 0. The number of halogens is 7. The van der Waals surface area contributed by atoms with Crippen LogP contribution in [0.4, 0.5) is 30.7 Å². The smallest absolute Gasteiger partial charge is 0.426 e. The molecule has 0 unspecified atom stereocenters. The first-order valence-electron chi connectivity index (χ1n) is 12.2. The molecule has 0 heterocycles. The number of hydrogen-bond acceptors (Lipinski definition) is 1. The van der Waals surface area contributed by atoms with E-state index in [1.54, 1.807) is 0 Å². The third kappa shape index (κ3) is 5.17. The van der Waals surface area contributed by atoms with Crippen molar-refractivity contribution in [2.24, 2.45) is 11.8 Å². The van der Waals surface area contributed by atoms with Crippen molar-refractivity contribution in [3.05, 3.63) is 64.0 Å². The Morgan fingerprint density at radius 1 is 0.686 bits per heavy atom. The van der Waals surface area contributed by atoms with Crippen LogP contribution in [0.15, 0.2) is 18.2 Å². The van der Waals surface area contributed by atoms with Crippen molar-refractivity contribution in [2.75, 3.05) is 0 Å². The highest BCUT2D eigenvalue weighted by molar-refractivity contribution is 5.36. The molecule has 35 heavy (non-hydrogen) atoms. The van der Waals surface area contributed by atoms with Crippen molar-refractivity contribution in [1.82, 2.24) is 0 Å². The fourth-order valence-electron chi connectivity index (χ4n) is 5.45. The molecule has 0 saturated heterocycles. The molecule has 2 aliphatic carbocycles. The molecule has 0 spiro atoms. The monoisotopic (exact) mass is 502 g/mol. The van der Waals surface area contributed by atoms with Crippen LogP contribution in [-0.4, -0.2) is 0 Å². The lowest BCUT2D eigenvalue weighted by Gasteiger charge is -2.28. The molecule has 2 fully saturated rings. The van der Waals surface area contributed by atoms with Crippen molar-refractivity contribution >= 4 is 0 Å². The number of rotatable bonds is 5. The van der Waals surface area contributed by atoms with Crippen molar-refractivity contribution < 1.29 is 35.5 Å². The Morgan fingerprint density at radius 2 is 1.23 bits per heavy atom. The summed E-state index contributed by atoms with van der Waals surface area (Å²) in [5.41, 5.74) is -2.19. The van der Waals surface area contributed by atoms with E-state index in [0.29, 0.717) is 50.4 Å². The van der Waals surface area contributed by atoms with E-state index in [1.165, 1.54) is 6.07 Å². The van der Waals surface area contributed by atoms with Crippen LogP contribution in [0.1, 0.15) is 93.7 Å². The zero-order chi connectivity index (χ0) is 25.5. The zero-order valence-electron chi connectivity index (χ0n) is 19.8. The number of hydrogen-bond donors (Lipinski definition) is 0. The van der Waals surface area contributed by atoms with Crippen LogP contribution in [0.2, 0.25) is 0 Å². The Bertz CT molecular complexity index is 1070. The van der Waals surface area contributed by atoms with Crippen molar-refractivity contribution in [1.29, 1.82) is 0 Å². The minimum atomic E-state index is -4.64. The van der Waals surface area contributed by atoms with E-state index >= 15 is 0 Å². The fourth-order valence-corrected chi connectivity index (χ4v) is 5.45. The van der Waals surface area contributed by atoms with Gasteiger partial charge < -0.3 is 4.74 Å². The quantitative estimate of drug-likeness (QED) is 0.293. The van der Waals surface area contributed by atoms with Crippen molar-refractivity contribution in [2.45, 2.75) is 83.2 Å². The van der Waals surface area contributed by atoms with Crippen LogP contribution in [-0.2, 0) is 6.11 Å². The molecule has 0 bridgehead atoms. The second-order valence-corrected chi connectivity index (χ2v) is 10.3. The van der Waals surface area contributed by atoms with Gasteiger partial charge in [-0.25, -0.2) is 17.6 Å². The molecule has 2 aromatic rings. The van der Waals surface area contributed by atoms with Gasteiger partial charge in [-0.1, -0.05) is 45.6 Å². The van der Waals surface area contributed by atoms with Gasteiger partial charge >= 0.3 is 6.11 Å². The number of alkyl halides is 2. The van der Waals surface area contributed by atoms with E-state index < -0.39 is 58.0 Å². The van der Waals surface area contributed by atoms with Gasteiger partial charge in [-0.3, -0.25) is 0 Å². The second kappa shape index (κ2) is 10.0. The Kier molecular flexibility index (Phi) is 7.39. The average Bonchev–Trinajstić information content (AvgIpc) is 2.81. The Morgan fingerprint density at radius 3 is 1.80 bits per heavy atom. The van der Waals surface area contributed by atoms with E-state index in [9.17, 15) is 30.7 Å². The predicted octanol–water partition coefficient (Wildman–Crippen LogP) is 9.10. The predicted molar refractivity (Wildman–Crippen MR) is 118 cm³/mol. The first-order valence-corrected chi connectivity index (χ1v) is 12.2. The first-order chi connectivity index (χ1) is 16.5. The highest BCUT2D eigenvalue weighted by Crippen LogP contribution is 2.43. The summed E-state index contributed by atoms with van der Waals surface area (Å²) in [7, 11) is 0. The summed E-state index contributed by atoms with van der Waals surface area (Å²) in [5, 5.41) is 0. The maximum atomic E-state index is 14.8. The van der Waals surface area contributed by atoms with E-state index in [0.717, 1.165) is 18.9 Å². The van der Waals surface area contributed by atoms with Crippen LogP contribution in [0.5, 0.6) is 5.75 Å². The summed E-state index contributed by atoms with van der Waals surface area (Å²) in [6.45, 7) is 4.06. The van der Waals surface area contributed by atoms with Crippen LogP contribution >= 0.6 is 0 Å². The molecule has 0 radical (unpaired) electrons. The van der Waals surface area contributed by atoms with Crippen LogP contribution in [0.3, 0.4) is 0 Å². The van der Waals surface area contributed by atoms with Crippen LogP contribution in [0.25, 0.3) is 0 Å².